The lowest BCUT2D eigenvalue weighted by Gasteiger charge is -2.63. The fraction of sp³-hybridized carbons (Fsp3) is 0.871. The maximum absolute atomic E-state index is 12.1. The van der Waals surface area contributed by atoms with E-state index in [2.05, 4.69) is 52.9 Å². The zero-order valence-electron chi connectivity index (χ0n) is 23.7. The summed E-state index contributed by atoms with van der Waals surface area (Å²) in [5.41, 5.74) is 2.48. The average Bonchev–Trinajstić information content (AvgIpc) is 3.16. The highest BCUT2D eigenvalue weighted by Crippen LogP contribution is 2.72. The van der Waals surface area contributed by atoms with E-state index in [4.69, 9.17) is 9.84 Å². The predicted molar refractivity (Wildman–Crippen MR) is 144 cm³/mol. The molecule has 4 rings (SSSR count). The first-order chi connectivity index (χ1) is 16.9. The monoisotopic (exact) mass is 501 g/mol. The van der Waals surface area contributed by atoms with Crippen molar-refractivity contribution in [3.63, 3.8) is 0 Å². The smallest absolute Gasteiger partial charge is 0.407 e. The van der Waals surface area contributed by atoms with Gasteiger partial charge >= 0.3 is 12.1 Å². The summed E-state index contributed by atoms with van der Waals surface area (Å²) >= 11 is 0. The number of nitrogens with one attached hydrogen (secondary N) is 1. The average molecular weight is 502 g/mol. The Morgan fingerprint density at radius 1 is 1.03 bits per heavy atom. The Morgan fingerprint density at radius 2 is 1.78 bits per heavy atom. The molecule has 8 atom stereocenters. The van der Waals surface area contributed by atoms with Gasteiger partial charge in [0, 0.05) is 6.42 Å². The lowest BCUT2D eigenvalue weighted by atomic mass is 9.41. The van der Waals surface area contributed by atoms with Gasteiger partial charge in [0.15, 0.2) is 0 Å². The third-order valence-corrected chi connectivity index (χ3v) is 11.5. The van der Waals surface area contributed by atoms with Crippen molar-refractivity contribution in [3.8, 4) is 0 Å². The van der Waals surface area contributed by atoms with Gasteiger partial charge in [-0.1, -0.05) is 72.5 Å². The molecule has 1 amide bonds. The molecule has 36 heavy (non-hydrogen) atoms. The Hall–Kier alpha value is -1.52. The van der Waals surface area contributed by atoms with Gasteiger partial charge in [-0.15, -0.1) is 0 Å². The number of rotatable bonds is 8. The van der Waals surface area contributed by atoms with E-state index in [0.717, 1.165) is 49.4 Å². The fourth-order valence-corrected chi connectivity index (χ4v) is 9.75. The maximum atomic E-state index is 12.1. The van der Waals surface area contributed by atoms with E-state index in [1.54, 1.807) is 0 Å². The third kappa shape index (κ3) is 4.97. The maximum Gasteiger partial charge on any atom is 0.407 e. The molecule has 0 aliphatic heterocycles. The lowest BCUT2D eigenvalue weighted by Crippen LogP contribution is -2.56. The summed E-state index contributed by atoms with van der Waals surface area (Å²) in [6.07, 6.45) is 15.2. The summed E-state index contributed by atoms with van der Waals surface area (Å²) < 4.78 is 5.62. The van der Waals surface area contributed by atoms with Crippen molar-refractivity contribution < 1.29 is 19.4 Å². The molecule has 3 fully saturated rings. The number of aliphatic carboxylic acids is 1. The number of carboxylic acid groups (broad SMARTS) is 1. The van der Waals surface area contributed by atoms with Crippen LogP contribution in [-0.4, -0.2) is 29.8 Å². The second-order valence-corrected chi connectivity index (χ2v) is 14.0. The van der Waals surface area contributed by atoms with Gasteiger partial charge in [0.25, 0.3) is 0 Å². The predicted octanol–water partition coefficient (Wildman–Crippen LogP) is 7.60. The SMILES string of the molecule is CC(C)CCC[C@@H](C)C1CC[C@H]2[C@]3(C)CC=C4C[C@@H](OC(=O)NCC(=O)O)CC[C@]4(C)[C@H]3CC[C@]12C. The van der Waals surface area contributed by atoms with Crippen LogP contribution in [0.2, 0.25) is 0 Å². The zero-order valence-corrected chi connectivity index (χ0v) is 23.7. The molecule has 0 saturated heterocycles. The highest BCUT2D eigenvalue weighted by molar-refractivity contribution is 5.76. The molecule has 0 bridgehead atoms. The summed E-state index contributed by atoms with van der Waals surface area (Å²) in [5.74, 6) is 2.93. The summed E-state index contributed by atoms with van der Waals surface area (Å²) in [7, 11) is 0. The molecule has 2 N–H and O–H groups in total. The second kappa shape index (κ2) is 10.3. The van der Waals surface area contributed by atoms with Crippen LogP contribution < -0.4 is 5.32 Å². The Morgan fingerprint density at radius 3 is 2.47 bits per heavy atom. The number of ether oxygens (including phenoxy) is 1. The number of carbonyl (C=O) groups excluding carboxylic acids is 1. The first-order valence-corrected chi connectivity index (χ1v) is 14.8. The summed E-state index contributed by atoms with van der Waals surface area (Å²) in [5, 5.41) is 11.1. The molecular formula is C31H51NO4. The van der Waals surface area contributed by atoms with Crippen LogP contribution in [0.1, 0.15) is 112 Å². The van der Waals surface area contributed by atoms with Crippen molar-refractivity contribution in [3.05, 3.63) is 11.6 Å². The molecule has 4 aliphatic carbocycles. The first-order valence-electron chi connectivity index (χ1n) is 14.8. The molecule has 0 spiro atoms. The van der Waals surface area contributed by atoms with Crippen molar-refractivity contribution in [1.82, 2.24) is 5.32 Å². The highest BCUT2D eigenvalue weighted by Gasteiger charge is 2.64. The summed E-state index contributed by atoms with van der Waals surface area (Å²) in [4.78, 5) is 22.8. The number of carbonyl (C=O) groups is 2. The number of hydrogen-bond acceptors (Lipinski definition) is 3. The van der Waals surface area contributed by atoms with E-state index >= 15 is 0 Å². The van der Waals surface area contributed by atoms with E-state index < -0.39 is 18.6 Å². The molecule has 0 aromatic carbocycles. The van der Waals surface area contributed by atoms with E-state index in [1.165, 1.54) is 50.5 Å². The molecule has 3 saturated carbocycles. The molecule has 5 nitrogen and oxygen atoms in total. The van der Waals surface area contributed by atoms with Crippen LogP contribution in [0.3, 0.4) is 0 Å². The van der Waals surface area contributed by atoms with Gasteiger partial charge in [-0.25, -0.2) is 4.79 Å². The molecule has 0 aromatic rings. The summed E-state index contributed by atoms with van der Waals surface area (Å²) in [6.45, 7) is 14.6. The van der Waals surface area contributed by atoms with Gasteiger partial charge in [-0.2, -0.15) is 0 Å². The quantitative estimate of drug-likeness (QED) is 0.336. The number of hydrogen-bond donors (Lipinski definition) is 2. The number of amides is 1. The van der Waals surface area contributed by atoms with Crippen molar-refractivity contribution >= 4 is 12.1 Å². The Balaban J connectivity index is 1.45. The minimum atomic E-state index is -1.05. The van der Waals surface area contributed by atoms with Crippen LogP contribution >= 0.6 is 0 Å². The van der Waals surface area contributed by atoms with E-state index in [0.29, 0.717) is 16.7 Å². The van der Waals surface area contributed by atoms with Crippen molar-refractivity contribution in [1.29, 1.82) is 0 Å². The minimum absolute atomic E-state index is 0.154. The largest absolute Gasteiger partial charge is 0.480 e. The second-order valence-electron chi connectivity index (χ2n) is 14.0. The number of allylic oxidation sites excluding steroid dienone is 1. The van der Waals surface area contributed by atoms with E-state index in [9.17, 15) is 9.59 Å². The molecule has 1 unspecified atom stereocenters. The van der Waals surface area contributed by atoms with Gasteiger partial charge in [0.05, 0.1) is 0 Å². The summed E-state index contributed by atoms with van der Waals surface area (Å²) in [6, 6.07) is 0. The van der Waals surface area contributed by atoms with Crippen LogP contribution in [0.4, 0.5) is 4.79 Å². The molecule has 4 aliphatic rings. The third-order valence-electron chi connectivity index (χ3n) is 11.5. The van der Waals surface area contributed by atoms with Crippen LogP contribution in [-0.2, 0) is 9.53 Å². The fourth-order valence-electron chi connectivity index (χ4n) is 9.75. The number of fused-ring (bicyclic) bond motifs is 5. The van der Waals surface area contributed by atoms with Crippen molar-refractivity contribution in [2.75, 3.05) is 6.54 Å². The van der Waals surface area contributed by atoms with Gasteiger partial charge in [0.1, 0.15) is 12.6 Å². The Kier molecular flexibility index (Phi) is 7.89. The zero-order chi connectivity index (χ0) is 26.3. The Labute approximate surface area is 219 Å². The molecular weight excluding hydrogens is 450 g/mol. The van der Waals surface area contributed by atoms with Crippen LogP contribution in [0.15, 0.2) is 11.6 Å². The molecule has 204 valence electrons. The van der Waals surface area contributed by atoms with E-state index in [-0.39, 0.29) is 11.5 Å². The number of alkyl carbamates (subject to hydrolysis) is 1. The van der Waals surface area contributed by atoms with E-state index in [1.807, 2.05) is 0 Å². The number of carboxylic acids is 1. The lowest BCUT2D eigenvalue weighted by molar-refractivity contribution is -0.135. The van der Waals surface area contributed by atoms with Gasteiger partial charge in [-0.05, 0) is 90.8 Å². The Bertz CT molecular complexity index is 867. The van der Waals surface area contributed by atoms with Crippen molar-refractivity contribution in [2.24, 2.45) is 45.8 Å². The standard InChI is InChI=1S/C31H51NO4/c1-20(2)8-7-9-21(3)24-10-11-25-30(24,5)17-14-26-29(4)16-13-23(36-28(35)32-19-27(33)34)18-22(29)12-15-31(25,26)6/h12,20-21,23-26H,7-11,13-19H2,1-6H3,(H,32,35)(H,33,34)/t21-,23+,24?,25-,26-,29+,30-,31+/m1/s1. The van der Waals surface area contributed by atoms with Gasteiger partial charge in [-0.3, -0.25) is 4.79 Å². The first kappa shape index (κ1) is 27.5. The minimum Gasteiger partial charge on any atom is -0.480 e. The van der Waals surface area contributed by atoms with Gasteiger partial charge < -0.3 is 15.2 Å². The topological polar surface area (TPSA) is 75.6 Å². The molecule has 0 heterocycles. The highest BCUT2D eigenvalue weighted by atomic mass is 16.6. The van der Waals surface area contributed by atoms with Crippen molar-refractivity contribution in [2.45, 2.75) is 118 Å². The van der Waals surface area contributed by atoms with Crippen LogP contribution in [0, 0.1) is 45.8 Å². The normalized spacial score (nSPS) is 40.5. The van der Waals surface area contributed by atoms with Gasteiger partial charge in [0.2, 0.25) is 0 Å². The van der Waals surface area contributed by atoms with Crippen LogP contribution in [0.5, 0.6) is 0 Å². The molecule has 0 aromatic heterocycles. The molecule has 5 heteroatoms. The van der Waals surface area contributed by atoms with Crippen LogP contribution in [0.25, 0.3) is 0 Å². The molecule has 0 radical (unpaired) electrons.